The van der Waals surface area contributed by atoms with Crippen molar-refractivity contribution in [2.24, 2.45) is 0 Å². The SMILES string of the molecule is COc1ccc(NC(=O)CC(c2ccc(F)cc2)c2ccco2)cc1. The predicted octanol–water partition coefficient (Wildman–Crippen LogP) is 4.59. The van der Waals surface area contributed by atoms with Gasteiger partial charge in [0.15, 0.2) is 0 Å². The number of benzene rings is 2. The summed E-state index contributed by atoms with van der Waals surface area (Å²) in [6, 6.07) is 16.8. The molecule has 1 unspecified atom stereocenters. The second-order valence-corrected chi connectivity index (χ2v) is 5.60. The molecule has 0 radical (unpaired) electrons. The highest BCUT2D eigenvalue weighted by Crippen LogP contribution is 2.29. The summed E-state index contributed by atoms with van der Waals surface area (Å²) in [5.74, 6) is 0.628. The Morgan fingerprint density at radius 3 is 2.44 bits per heavy atom. The molecule has 1 aromatic heterocycles. The monoisotopic (exact) mass is 339 g/mol. The minimum absolute atomic E-state index is 0.157. The number of carbonyl (C=O) groups is 1. The van der Waals surface area contributed by atoms with E-state index in [0.29, 0.717) is 11.4 Å². The van der Waals surface area contributed by atoms with Crippen LogP contribution >= 0.6 is 0 Å². The molecule has 4 nitrogen and oxygen atoms in total. The molecule has 2 aromatic carbocycles. The van der Waals surface area contributed by atoms with Crippen molar-refractivity contribution >= 4 is 11.6 Å². The number of methoxy groups -OCH3 is 1. The summed E-state index contributed by atoms with van der Waals surface area (Å²) in [7, 11) is 1.59. The average molecular weight is 339 g/mol. The maximum absolute atomic E-state index is 13.2. The smallest absolute Gasteiger partial charge is 0.225 e. The highest BCUT2D eigenvalue weighted by Gasteiger charge is 2.21. The maximum Gasteiger partial charge on any atom is 0.225 e. The molecule has 1 heterocycles. The first-order chi connectivity index (χ1) is 12.2. The Morgan fingerprint density at radius 2 is 1.84 bits per heavy atom. The first-order valence-electron chi connectivity index (χ1n) is 7.88. The summed E-state index contributed by atoms with van der Waals surface area (Å²) in [4.78, 5) is 12.5. The van der Waals surface area contributed by atoms with Gasteiger partial charge in [0.25, 0.3) is 0 Å². The molecule has 3 rings (SSSR count). The fourth-order valence-electron chi connectivity index (χ4n) is 2.64. The van der Waals surface area contributed by atoms with Crippen LogP contribution in [0.2, 0.25) is 0 Å². The molecule has 1 amide bonds. The van der Waals surface area contributed by atoms with Crippen LogP contribution in [0.15, 0.2) is 71.3 Å². The highest BCUT2D eigenvalue weighted by molar-refractivity contribution is 5.91. The lowest BCUT2D eigenvalue weighted by Crippen LogP contribution is -2.16. The van der Waals surface area contributed by atoms with Gasteiger partial charge in [-0.05, 0) is 54.1 Å². The van der Waals surface area contributed by atoms with Gasteiger partial charge in [0.1, 0.15) is 17.3 Å². The largest absolute Gasteiger partial charge is 0.497 e. The van der Waals surface area contributed by atoms with Crippen molar-refractivity contribution in [1.82, 2.24) is 0 Å². The van der Waals surface area contributed by atoms with E-state index in [-0.39, 0.29) is 24.1 Å². The van der Waals surface area contributed by atoms with Gasteiger partial charge in [0.2, 0.25) is 5.91 Å². The van der Waals surface area contributed by atoms with Crippen LogP contribution in [-0.4, -0.2) is 13.0 Å². The summed E-state index contributed by atoms with van der Waals surface area (Å²) >= 11 is 0. The number of nitrogens with one attached hydrogen (secondary N) is 1. The Kier molecular flexibility index (Phi) is 5.14. The van der Waals surface area contributed by atoms with Crippen molar-refractivity contribution in [3.63, 3.8) is 0 Å². The van der Waals surface area contributed by atoms with Gasteiger partial charge in [-0.15, -0.1) is 0 Å². The molecule has 0 aliphatic carbocycles. The third-order valence-corrected chi connectivity index (χ3v) is 3.92. The number of furan rings is 1. The van der Waals surface area contributed by atoms with Crippen molar-refractivity contribution in [3.8, 4) is 5.75 Å². The van der Waals surface area contributed by atoms with Gasteiger partial charge in [-0.1, -0.05) is 12.1 Å². The fourth-order valence-corrected chi connectivity index (χ4v) is 2.64. The van der Waals surface area contributed by atoms with E-state index in [0.717, 1.165) is 11.3 Å². The molecule has 0 saturated heterocycles. The van der Waals surface area contributed by atoms with E-state index in [1.54, 1.807) is 55.8 Å². The van der Waals surface area contributed by atoms with E-state index < -0.39 is 0 Å². The van der Waals surface area contributed by atoms with E-state index in [1.807, 2.05) is 6.07 Å². The molecular weight excluding hydrogens is 321 g/mol. The predicted molar refractivity (Wildman–Crippen MR) is 93.2 cm³/mol. The van der Waals surface area contributed by atoms with Crippen LogP contribution in [0, 0.1) is 5.82 Å². The second kappa shape index (κ2) is 7.66. The van der Waals surface area contributed by atoms with Gasteiger partial charge in [-0.25, -0.2) is 4.39 Å². The van der Waals surface area contributed by atoms with E-state index in [4.69, 9.17) is 9.15 Å². The number of halogens is 1. The zero-order chi connectivity index (χ0) is 17.6. The molecule has 1 N–H and O–H groups in total. The normalized spacial score (nSPS) is 11.8. The molecule has 5 heteroatoms. The van der Waals surface area contributed by atoms with E-state index in [2.05, 4.69) is 5.32 Å². The number of amides is 1. The number of rotatable bonds is 6. The molecule has 3 aromatic rings. The number of hydrogen-bond donors (Lipinski definition) is 1. The summed E-state index contributed by atoms with van der Waals surface area (Å²) in [5.41, 5.74) is 1.50. The molecular formula is C20H18FNO3. The summed E-state index contributed by atoms with van der Waals surface area (Å²) < 4.78 is 23.8. The highest BCUT2D eigenvalue weighted by atomic mass is 19.1. The topological polar surface area (TPSA) is 51.5 Å². The number of carbonyl (C=O) groups excluding carboxylic acids is 1. The maximum atomic E-state index is 13.2. The van der Waals surface area contributed by atoms with E-state index in [1.165, 1.54) is 12.1 Å². The van der Waals surface area contributed by atoms with Crippen LogP contribution < -0.4 is 10.1 Å². The van der Waals surface area contributed by atoms with Gasteiger partial charge < -0.3 is 14.5 Å². The van der Waals surface area contributed by atoms with Crippen LogP contribution in [0.5, 0.6) is 5.75 Å². The van der Waals surface area contributed by atoms with E-state index in [9.17, 15) is 9.18 Å². The van der Waals surface area contributed by atoms with Crippen LogP contribution in [0.25, 0.3) is 0 Å². The Balaban J connectivity index is 1.75. The minimum Gasteiger partial charge on any atom is -0.497 e. The standard InChI is InChI=1S/C20H18FNO3/c1-24-17-10-8-16(9-11-17)22-20(23)13-18(19-3-2-12-25-19)14-4-6-15(21)7-5-14/h2-12,18H,13H2,1H3,(H,22,23). The lowest BCUT2D eigenvalue weighted by molar-refractivity contribution is -0.116. The molecule has 0 fully saturated rings. The van der Waals surface area contributed by atoms with Gasteiger partial charge in [0, 0.05) is 12.1 Å². The molecule has 25 heavy (non-hydrogen) atoms. The Hall–Kier alpha value is -3.08. The first-order valence-corrected chi connectivity index (χ1v) is 7.88. The minimum atomic E-state index is -0.315. The lowest BCUT2D eigenvalue weighted by atomic mass is 9.93. The second-order valence-electron chi connectivity index (χ2n) is 5.60. The van der Waals surface area contributed by atoms with E-state index >= 15 is 0 Å². The zero-order valence-electron chi connectivity index (χ0n) is 13.7. The van der Waals surface area contributed by atoms with Gasteiger partial charge in [-0.2, -0.15) is 0 Å². The van der Waals surface area contributed by atoms with Crippen LogP contribution in [0.3, 0.4) is 0 Å². The van der Waals surface area contributed by atoms with Crippen molar-refractivity contribution < 1.29 is 18.3 Å². The molecule has 0 bridgehead atoms. The molecule has 1 atom stereocenters. The Labute approximate surface area is 145 Å². The lowest BCUT2D eigenvalue weighted by Gasteiger charge is -2.15. The third kappa shape index (κ3) is 4.26. The number of hydrogen-bond acceptors (Lipinski definition) is 3. The Bertz CT molecular complexity index is 811. The molecule has 0 aliphatic heterocycles. The van der Waals surface area contributed by atoms with Crippen molar-refractivity contribution in [2.75, 3.05) is 12.4 Å². The zero-order valence-corrected chi connectivity index (χ0v) is 13.7. The number of ether oxygens (including phenoxy) is 1. The summed E-state index contributed by atoms with van der Waals surface area (Å²) in [6.07, 6.45) is 1.75. The third-order valence-electron chi connectivity index (χ3n) is 3.92. The van der Waals surface area contributed by atoms with Gasteiger partial charge >= 0.3 is 0 Å². The van der Waals surface area contributed by atoms with Crippen LogP contribution in [0.1, 0.15) is 23.7 Å². The quantitative estimate of drug-likeness (QED) is 0.715. The van der Waals surface area contributed by atoms with Crippen molar-refractivity contribution in [1.29, 1.82) is 0 Å². The van der Waals surface area contributed by atoms with Gasteiger partial charge in [0.05, 0.1) is 19.3 Å². The average Bonchev–Trinajstić information content (AvgIpc) is 3.15. The Morgan fingerprint density at radius 1 is 1.12 bits per heavy atom. The van der Waals surface area contributed by atoms with Crippen molar-refractivity contribution in [3.05, 3.63) is 84.1 Å². The van der Waals surface area contributed by atoms with Crippen LogP contribution in [-0.2, 0) is 4.79 Å². The summed E-state index contributed by atoms with van der Waals surface area (Å²) in [6.45, 7) is 0. The molecule has 128 valence electrons. The summed E-state index contributed by atoms with van der Waals surface area (Å²) in [5, 5.41) is 2.86. The van der Waals surface area contributed by atoms with Gasteiger partial charge in [-0.3, -0.25) is 4.79 Å². The first kappa shape index (κ1) is 16.8. The molecule has 0 saturated carbocycles. The molecule has 0 spiro atoms. The molecule has 0 aliphatic rings. The van der Waals surface area contributed by atoms with Crippen LogP contribution in [0.4, 0.5) is 10.1 Å². The number of anilines is 1. The fraction of sp³-hybridized carbons (Fsp3) is 0.150. The van der Waals surface area contributed by atoms with Crippen molar-refractivity contribution in [2.45, 2.75) is 12.3 Å².